The highest BCUT2D eigenvalue weighted by Gasteiger charge is 2.04. The molecule has 0 fully saturated rings. The Hall–Kier alpha value is -1.29. The van der Waals surface area contributed by atoms with Gasteiger partial charge in [-0.05, 0) is 23.5 Å². The quantitative estimate of drug-likeness (QED) is 0.770. The molecule has 96 valence electrons. The summed E-state index contributed by atoms with van der Waals surface area (Å²) >= 11 is 1.72. The maximum atomic E-state index is 4.20. The van der Waals surface area contributed by atoms with Gasteiger partial charge in [0, 0.05) is 12.8 Å². The van der Waals surface area contributed by atoms with Crippen LogP contribution in [0.5, 0.6) is 0 Å². The summed E-state index contributed by atoms with van der Waals surface area (Å²) in [5.41, 5.74) is 2.75. The topological polar surface area (TPSA) is 30.7 Å². The van der Waals surface area contributed by atoms with E-state index in [1.807, 2.05) is 7.05 Å². The first-order valence-electron chi connectivity index (χ1n) is 6.26. The van der Waals surface area contributed by atoms with Gasteiger partial charge in [-0.3, -0.25) is 0 Å². The zero-order valence-corrected chi connectivity index (χ0v) is 11.9. The largest absolute Gasteiger partial charge is 0.244 e. The van der Waals surface area contributed by atoms with Crippen molar-refractivity contribution in [3.8, 4) is 0 Å². The van der Waals surface area contributed by atoms with E-state index in [4.69, 9.17) is 0 Å². The third kappa shape index (κ3) is 3.13. The first kappa shape index (κ1) is 13.1. The molecule has 1 aromatic heterocycles. The van der Waals surface area contributed by atoms with Crippen molar-refractivity contribution in [2.24, 2.45) is 7.05 Å². The summed E-state index contributed by atoms with van der Waals surface area (Å²) in [6, 6.07) is 8.90. The fourth-order valence-electron chi connectivity index (χ4n) is 1.74. The van der Waals surface area contributed by atoms with Crippen molar-refractivity contribution in [2.45, 2.75) is 37.1 Å². The average Bonchev–Trinajstić information content (AvgIpc) is 2.81. The summed E-state index contributed by atoms with van der Waals surface area (Å²) in [6.45, 7) is 4.49. The lowest BCUT2D eigenvalue weighted by Gasteiger charge is -2.09. The molecule has 0 bridgehead atoms. The molecule has 18 heavy (non-hydrogen) atoms. The van der Waals surface area contributed by atoms with Crippen LogP contribution in [0.3, 0.4) is 0 Å². The number of thioether (sulfide) groups is 1. The lowest BCUT2D eigenvalue weighted by molar-refractivity contribution is 0.685. The first-order valence-corrected chi connectivity index (χ1v) is 7.25. The summed E-state index contributed by atoms with van der Waals surface area (Å²) in [5, 5.41) is 5.02. The van der Waals surface area contributed by atoms with Gasteiger partial charge >= 0.3 is 0 Å². The molecule has 4 heteroatoms. The van der Waals surface area contributed by atoms with Crippen LogP contribution in [0.15, 0.2) is 35.7 Å². The first-order chi connectivity index (χ1) is 8.70. The predicted octanol–water partition coefficient (Wildman–Crippen LogP) is 3.62. The van der Waals surface area contributed by atoms with Crippen LogP contribution >= 0.6 is 11.8 Å². The third-order valence-corrected chi connectivity index (χ3v) is 4.30. The Morgan fingerprint density at radius 1 is 1.28 bits per heavy atom. The Kier molecular flexibility index (Phi) is 4.42. The van der Waals surface area contributed by atoms with Gasteiger partial charge in [-0.1, -0.05) is 49.9 Å². The van der Waals surface area contributed by atoms with Crippen molar-refractivity contribution in [1.29, 1.82) is 0 Å². The number of benzene rings is 1. The highest BCUT2D eigenvalue weighted by molar-refractivity contribution is 7.98. The molecule has 1 unspecified atom stereocenters. The lowest BCUT2D eigenvalue weighted by Crippen LogP contribution is -1.94. The summed E-state index contributed by atoms with van der Waals surface area (Å²) in [5.74, 6) is 1.58. The number of rotatable bonds is 5. The summed E-state index contributed by atoms with van der Waals surface area (Å²) in [7, 11) is 1.92. The molecule has 0 amide bonds. The van der Waals surface area contributed by atoms with Gasteiger partial charge in [0.05, 0.1) is 0 Å². The minimum absolute atomic E-state index is 0.644. The Labute approximate surface area is 113 Å². The van der Waals surface area contributed by atoms with Gasteiger partial charge in [0.1, 0.15) is 6.33 Å². The van der Waals surface area contributed by atoms with Gasteiger partial charge in [0.2, 0.25) is 0 Å². The van der Waals surface area contributed by atoms with E-state index in [0.29, 0.717) is 5.92 Å². The smallest absolute Gasteiger partial charge is 0.186 e. The van der Waals surface area contributed by atoms with Crippen LogP contribution in [0.1, 0.15) is 37.3 Å². The van der Waals surface area contributed by atoms with E-state index in [-0.39, 0.29) is 0 Å². The summed E-state index contributed by atoms with van der Waals surface area (Å²) in [6.07, 6.45) is 2.78. The third-order valence-electron chi connectivity index (χ3n) is 3.20. The molecule has 1 atom stereocenters. The van der Waals surface area contributed by atoms with Gasteiger partial charge in [0.25, 0.3) is 0 Å². The van der Waals surface area contributed by atoms with E-state index in [0.717, 1.165) is 10.9 Å². The minimum Gasteiger partial charge on any atom is -0.244 e. The lowest BCUT2D eigenvalue weighted by atomic mass is 9.98. The molecular formula is C14H19N3S. The Bertz CT molecular complexity index is 490. The molecule has 0 aliphatic rings. The fourth-order valence-corrected chi connectivity index (χ4v) is 2.59. The number of hydrogen-bond acceptors (Lipinski definition) is 3. The van der Waals surface area contributed by atoms with Crippen LogP contribution in [0.2, 0.25) is 0 Å². The summed E-state index contributed by atoms with van der Waals surface area (Å²) < 4.78 is 1.80. The molecule has 0 aliphatic carbocycles. The molecule has 0 aliphatic heterocycles. The zero-order valence-electron chi connectivity index (χ0n) is 11.1. The van der Waals surface area contributed by atoms with E-state index in [1.54, 1.807) is 22.8 Å². The SMILES string of the molecule is CCC(C)c1ccc(CSc2ncnn2C)cc1. The molecule has 2 aromatic rings. The second-order valence-corrected chi connectivity index (χ2v) is 5.45. The number of hydrogen-bond donors (Lipinski definition) is 0. The van der Waals surface area contributed by atoms with Gasteiger partial charge in [-0.2, -0.15) is 5.10 Å². The molecule has 1 aromatic carbocycles. The zero-order chi connectivity index (χ0) is 13.0. The second-order valence-electron chi connectivity index (χ2n) is 4.51. The number of aromatic nitrogens is 3. The normalized spacial score (nSPS) is 12.6. The highest BCUT2D eigenvalue weighted by atomic mass is 32.2. The van der Waals surface area contributed by atoms with Crippen molar-refractivity contribution < 1.29 is 0 Å². The van der Waals surface area contributed by atoms with E-state index >= 15 is 0 Å². The van der Waals surface area contributed by atoms with Crippen LogP contribution < -0.4 is 0 Å². The monoisotopic (exact) mass is 261 g/mol. The highest BCUT2D eigenvalue weighted by Crippen LogP contribution is 2.23. The standard InChI is InChI=1S/C14H19N3S/c1-4-11(2)13-7-5-12(6-8-13)9-18-14-15-10-16-17(14)3/h5-8,10-11H,4,9H2,1-3H3. The predicted molar refractivity (Wildman–Crippen MR) is 75.7 cm³/mol. The van der Waals surface area contributed by atoms with Gasteiger partial charge in [0.15, 0.2) is 5.16 Å². The molecule has 2 rings (SSSR count). The van der Waals surface area contributed by atoms with Crippen molar-refractivity contribution in [3.05, 3.63) is 41.7 Å². The second kappa shape index (κ2) is 6.05. The van der Waals surface area contributed by atoms with Crippen molar-refractivity contribution >= 4 is 11.8 Å². The Morgan fingerprint density at radius 3 is 2.56 bits per heavy atom. The molecule has 0 N–H and O–H groups in total. The fraction of sp³-hybridized carbons (Fsp3) is 0.429. The molecule has 0 saturated carbocycles. The molecule has 3 nitrogen and oxygen atoms in total. The number of aryl methyl sites for hydroxylation is 1. The Morgan fingerprint density at radius 2 is 2.00 bits per heavy atom. The van der Waals surface area contributed by atoms with Gasteiger partial charge in [-0.25, -0.2) is 9.67 Å². The van der Waals surface area contributed by atoms with Crippen LogP contribution in [0, 0.1) is 0 Å². The summed E-state index contributed by atoms with van der Waals surface area (Å²) in [4.78, 5) is 4.20. The van der Waals surface area contributed by atoms with Crippen LogP contribution in [0.25, 0.3) is 0 Å². The van der Waals surface area contributed by atoms with Crippen molar-refractivity contribution in [1.82, 2.24) is 14.8 Å². The van der Waals surface area contributed by atoms with Gasteiger partial charge in [-0.15, -0.1) is 0 Å². The van der Waals surface area contributed by atoms with Crippen LogP contribution in [-0.4, -0.2) is 14.8 Å². The van der Waals surface area contributed by atoms with E-state index in [1.165, 1.54) is 17.5 Å². The average molecular weight is 261 g/mol. The van der Waals surface area contributed by atoms with Crippen molar-refractivity contribution in [3.63, 3.8) is 0 Å². The van der Waals surface area contributed by atoms with Crippen LogP contribution in [0.4, 0.5) is 0 Å². The maximum absolute atomic E-state index is 4.20. The molecular weight excluding hydrogens is 242 g/mol. The molecule has 0 radical (unpaired) electrons. The van der Waals surface area contributed by atoms with Crippen LogP contribution in [-0.2, 0) is 12.8 Å². The minimum atomic E-state index is 0.644. The number of nitrogens with zero attached hydrogens (tertiary/aromatic N) is 3. The molecule has 0 saturated heterocycles. The van der Waals surface area contributed by atoms with E-state index < -0.39 is 0 Å². The Balaban J connectivity index is 1.96. The maximum Gasteiger partial charge on any atom is 0.186 e. The molecule has 1 heterocycles. The molecule has 0 spiro atoms. The van der Waals surface area contributed by atoms with E-state index in [9.17, 15) is 0 Å². The van der Waals surface area contributed by atoms with Gasteiger partial charge < -0.3 is 0 Å². The van der Waals surface area contributed by atoms with Crippen molar-refractivity contribution in [2.75, 3.05) is 0 Å². The van der Waals surface area contributed by atoms with E-state index in [2.05, 4.69) is 48.2 Å².